The third kappa shape index (κ3) is 5.39. The highest BCUT2D eigenvalue weighted by Gasteiger charge is 2.15. The number of nitrogens with two attached hydrogens (primary N) is 1. The van der Waals surface area contributed by atoms with Crippen molar-refractivity contribution in [2.75, 3.05) is 19.8 Å². The summed E-state index contributed by atoms with van der Waals surface area (Å²) in [6.07, 6.45) is -1.02. The number of sulfonamides is 1. The molecule has 0 aromatic heterocycles. The number of rotatable bonds is 5. The minimum atomic E-state index is -3.94. The molecule has 0 aliphatic carbocycles. The van der Waals surface area contributed by atoms with Crippen molar-refractivity contribution in [3.05, 3.63) is 29.6 Å². The number of primary amides is 1. The van der Waals surface area contributed by atoms with Gasteiger partial charge in [0.15, 0.2) is 0 Å². The van der Waals surface area contributed by atoms with E-state index in [1.54, 1.807) is 0 Å². The number of carbonyl (C=O) groups excluding carboxylic acids is 1. The van der Waals surface area contributed by atoms with Gasteiger partial charge in [0.1, 0.15) is 19.0 Å². The molecular weight excluding hydrogens is 303 g/mol. The highest BCUT2D eigenvalue weighted by atomic mass is 32.2. The molecule has 0 aliphatic heterocycles. The van der Waals surface area contributed by atoms with Gasteiger partial charge in [-0.05, 0) is 18.2 Å². The van der Waals surface area contributed by atoms with E-state index in [0.717, 1.165) is 6.07 Å². The van der Waals surface area contributed by atoms with Crippen LogP contribution in [0.3, 0.4) is 0 Å². The Morgan fingerprint density at radius 2 is 2.19 bits per heavy atom. The van der Waals surface area contributed by atoms with Crippen LogP contribution in [0.15, 0.2) is 23.1 Å². The van der Waals surface area contributed by atoms with E-state index in [1.165, 1.54) is 12.1 Å². The van der Waals surface area contributed by atoms with Crippen molar-refractivity contribution < 1.29 is 27.4 Å². The second-order valence-corrected chi connectivity index (χ2v) is 5.43. The van der Waals surface area contributed by atoms with Gasteiger partial charge >= 0.3 is 6.09 Å². The predicted octanol–water partition coefficient (Wildman–Crippen LogP) is -0.457. The first-order valence-electron chi connectivity index (χ1n) is 5.68. The molecule has 0 spiro atoms. The molecule has 1 aromatic rings. The number of amides is 1. The van der Waals surface area contributed by atoms with Crippen LogP contribution in [-0.2, 0) is 14.8 Å². The maximum Gasteiger partial charge on any atom is 0.404 e. The topological polar surface area (TPSA) is 119 Å². The van der Waals surface area contributed by atoms with E-state index >= 15 is 0 Å². The minimum Gasteiger partial charge on any atom is -0.448 e. The van der Waals surface area contributed by atoms with Gasteiger partial charge in [-0.1, -0.05) is 11.8 Å². The lowest BCUT2D eigenvalue weighted by Crippen LogP contribution is -2.29. The van der Waals surface area contributed by atoms with Crippen LogP contribution in [0.4, 0.5) is 9.18 Å². The molecule has 114 valence electrons. The van der Waals surface area contributed by atoms with Gasteiger partial charge in [-0.2, -0.15) is 0 Å². The molecule has 0 radical (unpaired) electrons. The number of hydrogen-bond acceptors (Lipinski definition) is 5. The third-order valence-corrected chi connectivity index (χ3v) is 3.65. The first-order chi connectivity index (χ1) is 9.86. The van der Waals surface area contributed by atoms with E-state index in [9.17, 15) is 17.6 Å². The molecule has 9 heteroatoms. The van der Waals surface area contributed by atoms with Crippen molar-refractivity contribution >= 4 is 16.1 Å². The second-order valence-electron chi connectivity index (χ2n) is 3.67. The van der Waals surface area contributed by atoms with Gasteiger partial charge in [0, 0.05) is 6.54 Å². The van der Waals surface area contributed by atoms with Crippen molar-refractivity contribution in [2.45, 2.75) is 4.90 Å². The van der Waals surface area contributed by atoms with Crippen LogP contribution in [0.1, 0.15) is 5.56 Å². The van der Waals surface area contributed by atoms with Gasteiger partial charge in [-0.3, -0.25) is 0 Å². The molecule has 0 unspecified atom stereocenters. The average Bonchev–Trinajstić information content (AvgIpc) is 2.42. The Bertz CT molecular complexity index is 679. The fraction of sp³-hybridized carbons (Fsp3) is 0.250. The van der Waals surface area contributed by atoms with E-state index < -0.39 is 28.5 Å². The van der Waals surface area contributed by atoms with Gasteiger partial charge < -0.3 is 15.6 Å². The first-order valence-corrected chi connectivity index (χ1v) is 7.16. The maximum absolute atomic E-state index is 13.6. The van der Waals surface area contributed by atoms with Crippen molar-refractivity contribution in [1.29, 1.82) is 0 Å². The van der Waals surface area contributed by atoms with E-state index in [0.29, 0.717) is 0 Å². The number of hydrogen-bond donors (Lipinski definition) is 3. The molecule has 0 saturated heterocycles. The summed E-state index contributed by atoms with van der Waals surface area (Å²) < 4.78 is 43.8. The highest BCUT2D eigenvalue weighted by Crippen LogP contribution is 2.14. The summed E-state index contributed by atoms with van der Waals surface area (Å²) in [6, 6.07) is 3.16. The normalized spacial score (nSPS) is 10.6. The Balaban J connectivity index is 2.79. The van der Waals surface area contributed by atoms with Crippen LogP contribution in [0.25, 0.3) is 0 Å². The molecule has 1 aromatic carbocycles. The molecule has 4 N–H and O–H groups in total. The van der Waals surface area contributed by atoms with Crippen LogP contribution >= 0.6 is 0 Å². The Hall–Kier alpha value is -2.15. The number of aliphatic hydroxyl groups excluding tert-OH is 1. The highest BCUT2D eigenvalue weighted by molar-refractivity contribution is 7.89. The average molecular weight is 316 g/mol. The SMILES string of the molecule is NC(=O)OCCNS(=O)(=O)c1ccc(C#CCO)c(F)c1. The second kappa shape index (κ2) is 7.58. The first kappa shape index (κ1) is 16.9. The zero-order valence-corrected chi connectivity index (χ0v) is 11.6. The lowest BCUT2D eigenvalue weighted by Gasteiger charge is -2.07. The van der Waals surface area contributed by atoms with E-state index in [1.807, 2.05) is 0 Å². The fourth-order valence-electron chi connectivity index (χ4n) is 1.31. The Kier molecular flexibility index (Phi) is 6.10. The largest absolute Gasteiger partial charge is 0.448 e. The number of ether oxygens (including phenoxy) is 1. The molecule has 1 amide bonds. The zero-order valence-electron chi connectivity index (χ0n) is 10.8. The Labute approximate surface area is 121 Å². The smallest absolute Gasteiger partial charge is 0.404 e. The van der Waals surface area contributed by atoms with Gasteiger partial charge in [-0.15, -0.1) is 0 Å². The molecule has 0 fully saturated rings. The summed E-state index contributed by atoms with van der Waals surface area (Å²) in [4.78, 5) is 10.0. The van der Waals surface area contributed by atoms with Gasteiger partial charge in [0.2, 0.25) is 10.0 Å². The minimum absolute atomic E-state index is 0.0277. The molecule has 0 bridgehead atoms. The van der Waals surface area contributed by atoms with Gasteiger partial charge in [-0.25, -0.2) is 22.3 Å². The molecular formula is C12H13FN2O5S. The third-order valence-electron chi connectivity index (χ3n) is 2.19. The number of nitrogens with one attached hydrogen (secondary N) is 1. The predicted molar refractivity (Wildman–Crippen MR) is 71.1 cm³/mol. The molecule has 7 nitrogen and oxygen atoms in total. The van der Waals surface area contributed by atoms with E-state index in [4.69, 9.17) is 10.8 Å². The Morgan fingerprint density at radius 3 is 2.76 bits per heavy atom. The number of aliphatic hydroxyl groups is 1. The van der Waals surface area contributed by atoms with Crippen LogP contribution in [0, 0.1) is 17.7 Å². The van der Waals surface area contributed by atoms with Crippen molar-refractivity contribution in [2.24, 2.45) is 5.73 Å². The van der Waals surface area contributed by atoms with Gasteiger partial charge in [0.25, 0.3) is 0 Å². The van der Waals surface area contributed by atoms with Crippen LogP contribution in [0.5, 0.6) is 0 Å². The lowest BCUT2D eigenvalue weighted by atomic mass is 10.2. The standard InChI is InChI=1S/C12H13FN2O5S/c13-11-8-10(4-3-9(11)2-1-6-16)21(18,19)15-5-7-20-12(14)17/h3-4,8,15-16H,5-7H2,(H2,14,17). The monoisotopic (exact) mass is 316 g/mol. The molecule has 0 saturated carbocycles. The van der Waals surface area contributed by atoms with Crippen molar-refractivity contribution in [1.82, 2.24) is 4.72 Å². The van der Waals surface area contributed by atoms with Crippen molar-refractivity contribution in [3.8, 4) is 11.8 Å². The molecule has 21 heavy (non-hydrogen) atoms. The van der Waals surface area contributed by atoms with Crippen molar-refractivity contribution in [3.63, 3.8) is 0 Å². The maximum atomic E-state index is 13.6. The summed E-state index contributed by atoms with van der Waals surface area (Å²) in [5.74, 6) is 3.77. The zero-order chi connectivity index (χ0) is 15.9. The van der Waals surface area contributed by atoms with Crippen LogP contribution < -0.4 is 10.5 Å². The van der Waals surface area contributed by atoms with E-state index in [-0.39, 0.29) is 23.6 Å². The quantitative estimate of drug-likeness (QED) is 0.502. The summed E-state index contributed by atoms with van der Waals surface area (Å²) in [7, 11) is -3.94. The van der Waals surface area contributed by atoms with Gasteiger partial charge in [0.05, 0.1) is 10.5 Å². The van der Waals surface area contributed by atoms with E-state index in [2.05, 4.69) is 21.3 Å². The molecule has 0 atom stereocenters. The molecule has 0 aliphatic rings. The summed E-state index contributed by atoms with van der Waals surface area (Å²) in [6.45, 7) is -0.864. The fourth-order valence-corrected chi connectivity index (χ4v) is 2.33. The summed E-state index contributed by atoms with van der Waals surface area (Å²) >= 11 is 0. The number of halogens is 1. The van der Waals surface area contributed by atoms with Crippen LogP contribution in [0.2, 0.25) is 0 Å². The molecule has 1 rings (SSSR count). The lowest BCUT2D eigenvalue weighted by molar-refractivity contribution is 0.159. The number of benzene rings is 1. The molecule has 0 heterocycles. The van der Waals surface area contributed by atoms with Crippen LogP contribution in [-0.4, -0.2) is 39.4 Å². The Morgan fingerprint density at radius 1 is 1.48 bits per heavy atom. The number of carbonyl (C=O) groups is 1. The summed E-state index contributed by atoms with van der Waals surface area (Å²) in [5, 5.41) is 8.52. The summed E-state index contributed by atoms with van der Waals surface area (Å²) in [5.41, 5.74) is 4.68.